The smallest absolute Gasteiger partial charge is 0.164 e. The Hall–Kier alpha value is -18.6. The molecule has 0 unspecified atom stereocenters. The average Bonchev–Trinajstić information content (AvgIpc) is 1.53. The molecule has 0 amide bonds. The van der Waals surface area contributed by atoms with Crippen LogP contribution in [0, 0.1) is 0 Å². The third kappa shape index (κ3) is 15.6. The first kappa shape index (κ1) is 90.2. The van der Waals surface area contributed by atoms with E-state index >= 15 is 0 Å². The zero-order valence-corrected chi connectivity index (χ0v) is 84.1. The van der Waals surface area contributed by atoms with Gasteiger partial charge in [-0.05, 0) is 213 Å². The Morgan fingerprint density at radius 1 is 0.120 bits per heavy atom. The molecule has 29 rings (SSSR count). The summed E-state index contributed by atoms with van der Waals surface area (Å²) in [6.45, 7) is 13.9. The van der Waals surface area contributed by atoms with Gasteiger partial charge in [0.1, 0.15) is 0 Å². The second-order valence-electron chi connectivity index (χ2n) is 41.6. The number of hydrogen-bond acceptors (Lipinski definition) is 9. The van der Waals surface area contributed by atoms with E-state index in [1.54, 1.807) is 0 Å². The first-order chi connectivity index (χ1) is 73.6. The molecule has 23 aromatic rings. The van der Waals surface area contributed by atoms with Crippen molar-refractivity contribution in [2.75, 3.05) is 0 Å². The zero-order valence-electron chi connectivity index (χ0n) is 84.1. The summed E-state index contributed by atoms with van der Waals surface area (Å²) in [5.41, 5.74) is 52.0. The molecule has 3 aromatic heterocycles. The fourth-order valence-corrected chi connectivity index (χ4v) is 24.3. The SMILES string of the molecule is CC1(C)c2ccccc2-c2ccc(-c3nc(-c4ccc(-c5ccccc5)cc4)nc(-c4cccc5c4Cc4c(-c6ccccc6)cccc4-5)n3)cc21.CC1(C)c2ccccc2-c2ccc(-c3nc(-c4cccc(-c5ccccc5)c4)nc(-c4cccc5c4Cc4c(-c6ccccc6)cccc4-5)n3)cc21.CC1(C)c2ccccc2-c2ccc(-c3nc(-c4ccccc4)nc(-c4cccc5c4Cc4c(-c6ccccc6)cccc4-5)n3)cc21. The van der Waals surface area contributed by atoms with Gasteiger partial charge in [-0.2, -0.15) is 0 Å². The summed E-state index contributed by atoms with van der Waals surface area (Å²) < 4.78 is 0. The molecule has 9 nitrogen and oxygen atoms in total. The van der Waals surface area contributed by atoms with E-state index in [1.165, 1.54) is 172 Å². The quantitative estimate of drug-likeness (QED) is 0.105. The monoisotopic (exact) mass is 1920 g/mol. The normalized spacial score (nSPS) is 13.3. The van der Waals surface area contributed by atoms with Crippen LogP contribution in [0.1, 0.15) is 108 Å². The summed E-state index contributed by atoms with van der Waals surface area (Å²) in [6.07, 6.45) is 2.47. The van der Waals surface area contributed by atoms with E-state index in [0.29, 0.717) is 52.4 Å². The molecule has 0 radical (unpaired) electrons. The van der Waals surface area contributed by atoms with Crippen molar-refractivity contribution in [1.29, 1.82) is 0 Å². The molecule has 150 heavy (non-hydrogen) atoms. The van der Waals surface area contributed by atoms with E-state index in [0.717, 1.165) is 86.0 Å². The molecular weight excluding hydrogens is 1820 g/mol. The second kappa shape index (κ2) is 36.6. The highest BCUT2D eigenvalue weighted by molar-refractivity contribution is 5.95. The van der Waals surface area contributed by atoms with Crippen molar-refractivity contribution in [1.82, 2.24) is 44.9 Å². The molecule has 0 aliphatic heterocycles. The van der Waals surface area contributed by atoms with Gasteiger partial charge in [0.15, 0.2) is 52.4 Å². The Labute approximate surface area is 874 Å². The highest BCUT2D eigenvalue weighted by atomic mass is 15.1. The van der Waals surface area contributed by atoms with Gasteiger partial charge in [0.25, 0.3) is 0 Å². The lowest BCUT2D eigenvalue weighted by molar-refractivity contribution is 0.660. The largest absolute Gasteiger partial charge is 0.208 e. The molecule has 0 fully saturated rings. The van der Waals surface area contributed by atoms with Crippen LogP contribution in [-0.2, 0) is 35.5 Å². The van der Waals surface area contributed by atoms with Crippen LogP contribution in [0.5, 0.6) is 0 Å². The van der Waals surface area contributed by atoms with Crippen molar-refractivity contribution >= 4 is 0 Å². The molecule has 0 saturated heterocycles. The fourth-order valence-electron chi connectivity index (χ4n) is 24.3. The molecule has 0 bridgehead atoms. The maximum atomic E-state index is 5.30. The van der Waals surface area contributed by atoms with Gasteiger partial charge in [0.05, 0.1) is 0 Å². The predicted molar refractivity (Wildman–Crippen MR) is 613 cm³/mol. The second-order valence-corrected chi connectivity index (χ2v) is 41.6. The lowest BCUT2D eigenvalue weighted by Gasteiger charge is -2.21. The third-order valence-electron chi connectivity index (χ3n) is 31.9. The summed E-state index contributed by atoms with van der Waals surface area (Å²) in [4.78, 5) is 46.9. The third-order valence-corrected chi connectivity index (χ3v) is 31.9. The van der Waals surface area contributed by atoms with Gasteiger partial charge < -0.3 is 0 Å². The summed E-state index contributed by atoms with van der Waals surface area (Å²) in [5.74, 6) is 6.16. The van der Waals surface area contributed by atoms with Crippen LogP contribution in [0.25, 0.3) is 225 Å². The van der Waals surface area contributed by atoms with Crippen molar-refractivity contribution < 1.29 is 0 Å². The number of aromatic nitrogens is 9. The Morgan fingerprint density at radius 3 is 0.613 bits per heavy atom. The summed E-state index contributed by atoms with van der Waals surface area (Å²) in [5, 5.41) is 0. The molecule has 9 heteroatoms. The van der Waals surface area contributed by atoms with Crippen molar-refractivity contribution in [3.63, 3.8) is 0 Å². The van der Waals surface area contributed by atoms with Crippen LogP contribution in [0.4, 0.5) is 0 Å². The Bertz CT molecular complexity index is 9340. The molecule has 710 valence electrons. The van der Waals surface area contributed by atoms with Gasteiger partial charge in [-0.1, -0.05) is 484 Å². The summed E-state index contributed by atoms with van der Waals surface area (Å²) in [6, 6.07) is 166. The average molecular weight is 1920 g/mol. The zero-order chi connectivity index (χ0) is 100. The van der Waals surface area contributed by atoms with Gasteiger partial charge in [0.2, 0.25) is 0 Å². The van der Waals surface area contributed by atoms with E-state index in [4.69, 9.17) is 44.9 Å². The Balaban J connectivity index is 0.000000111. The highest BCUT2D eigenvalue weighted by Crippen LogP contribution is 2.56. The molecule has 0 spiro atoms. The molecule has 6 aliphatic rings. The lowest BCUT2D eigenvalue weighted by atomic mass is 9.82. The van der Waals surface area contributed by atoms with Crippen molar-refractivity contribution in [2.24, 2.45) is 0 Å². The molecule has 6 aliphatic carbocycles. The van der Waals surface area contributed by atoms with Gasteiger partial charge in [-0.25, -0.2) is 44.9 Å². The highest BCUT2D eigenvalue weighted by Gasteiger charge is 2.41. The molecular formula is C141H101N9. The maximum absolute atomic E-state index is 5.30. The predicted octanol–water partition coefficient (Wildman–Crippen LogP) is 34.6. The molecule has 3 heterocycles. The van der Waals surface area contributed by atoms with Gasteiger partial charge in [0, 0.05) is 85.6 Å². The van der Waals surface area contributed by atoms with E-state index in [2.05, 4.69) is 478 Å². The first-order valence-electron chi connectivity index (χ1n) is 51.9. The lowest BCUT2D eigenvalue weighted by Crippen LogP contribution is -2.15. The minimum atomic E-state index is -0.132. The van der Waals surface area contributed by atoms with Crippen LogP contribution in [0.15, 0.2) is 467 Å². The van der Waals surface area contributed by atoms with Crippen LogP contribution in [-0.4, -0.2) is 44.9 Å². The van der Waals surface area contributed by atoms with E-state index in [1.807, 2.05) is 30.3 Å². The summed E-state index contributed by atoms with van der Waals surface area (Å²) >= 11 is 0. The van der Waals surface area contributed by atoms with Crippen molar-refractivity contribution in [2.45, 2.75) is 77.0 Å². The van der Waals surface area contributed by atoms with Gasteiger partial charge >= 0.3 is 0 Å². The van der Waals surface area contributed by atoms with E-state index < -0.39 is 0 Å². The molecule has 0 saturated carbocycles. The Kier molecular flexibility index (Phi) is 22.0. The van der Waals surface area contributed by atoms with Crippen LogP contribution >= 0.6 is 0 Å². The minimum Gasteiger partial charge on any atom is -0.208 e. The number of hydrogen-bond donors (Lipinski definition) is 0. The standard InChI is InChI=1S/2C49H35N3.C43H31N3/c1-49(2)44-25-10-9-20-39(44)40-27-26-35(29-45(40)49)47-50-46(34-19-11-18-33(28-34)31-14-5-3-6-15-31)51-48(52-47)41-24-13-23-38-37-22-12-21-36(42(37)30-43(38)41)32-16-7-4-8-17-32;1-49(2)44-22-10-9-17-39(44)40-28-27-35(29-45(40)49)47-50-46(34-25-23-32(24-26-34)31-13-5-3-6-14-31)51-48(52-47)41-21-12-20-38-37-19-11-18-36(42(37)30-43(38)41)33-15-7-4-8-16-33;1-43(2)38-22-10-9-17-33(38)34-24-23-29(25-39(34)43)41-44-40(28-15-7-4-8-16-28)45-42(46-41)35-21-12-20-32-31-19-11-18-30(36(31)26-37(32)35)27-13-5-3-6-14-27/h2*3-29H,30H2,1-2H3;3-25H,26H2,1-2H3. The molecule has 0 atom stereocenters. The first-order valence-corrected chi connectivity index (χ1v) is 51.9. The minimum absolute atomic E-state index is 0.109. The van der Waals surface area contributed by atoms with Gasteiger partial charge in [-0.15, -0.1) is 0 Å². The van der Waals surface area contributed by atoms with Crippen LogP contribution in [0.2, 0.25) is 0 Å². The maximum Gasteiger partial charge on any atom is 0.164 e. The van der Waals surface area contributed by atoms with Crippen molar-refractivity contribution in [3.8, 4) is 225 Å². The number of rotatable bonds is 14. The van der Waals surface area contributed by atoms with E-state index in [9.17, 15) is 0 Å². The van der Waals surface area contributed by atoms with Crippen LogP contribution in [0.3, 0.4) is 0 Å². The van der Waals surface area contributed by atoms with Crippen LogP contribution < -0.4 is 0 Å². The molecule has 0 N–H and O–H groups in total. The number of benzene rings is 20. The summed E-state index contributed by atoms with van der Waals surface area (Å²) in [7, 11) is 0. The number of fused-ring (bicyclic) bond motifs is 18. The van der Waals surface area contributed by atoms with Crippen molar-refractivity contribution in [3.05, 3.63) is 534 Å². The fraction of sp³-hybridized carbons (Fsp3) is 0.0851. The van der Waals surface area contributed by atoms with E-state index in [-0.39, 0.29) is 16.2 Å². The number of nitrogens with zero attached hydrogens (tertiary/aromatic N) is 9. The topological polar surface area (TPSA) is 116 Å². The Morgan fingerprint density at radius 2 is 0.300 bits per heavy atom. The molecule has 20 aromatic carbocycles. The van der Waals surface area contributed by atoms with Gasteiger partial charge in [-0.3, -0.25) is 0 Å².